The van der Waals surface area contributed by atoms with Crippen molar-refractivity contribution in [3.05, 3.63) is 56.8 Å². The van der Waals surface area contributed by atoms with Crippen LogP contribution in [0.1, 0.15) is 50.1 Å². The second-order valence-corrected chi connectivity index (χ2v) is 6.78. The van der Waals surface area contributed by atoms with Crippen LogP contribution in [0.2, 0.25) is 0 Å². The van der Waals surface area contributed by atoms with Gasteiger partial charge in [-0.05, 0) is 48.9 Å². The first-order valence-electron chi connectivity index (χ1n) is 7.29. The number of thiophene rings is 1. The highest BCUT2D eigenvalue weighted by Crippen LogP contribution is 2.30. The molecule has 1 heterocycles. The Balaban J connectivity index is 1.73. The highest BCUT2D eigenvalue weighted by molar-refractivity contribution is 7.14. The third-order valence-electron chi connectivity index (χ3n) is 4.14. The zero-order valence-corrected chi connectivity index (χ0v) is 12.9. The second kappa shape index (κ2) is 6.00. The van der Waals surface area contributed by atoms with Crippen molar-refractivity contribution in [2.75, 3.05) is 0 Å². The van der Waals surface area contributed by atoms with E-state index in [2.05, 4.69) is 29.6 Å². The summed E-state index contributed by atoms with van der Waals surface area (Å²) in [6, 6.07) is 10.8. The first-order chi connectivity index (χ1) is 10.1. The van der Waals surface area contributed by atoms with Crippen LogP contribution in [0.25, 0.3) is 0 Å². The molecule has 1 aliphatic carbocycles. The highest BCUT2D eigenvalue weighted by Gasteiger charge is 2.20. The number of fused-ring (bicyclic) bond motifs is 1. The standard InChI is InChI=1S/C17H19NO2S/c1-11-13(9-16(21-11)17(19)20)10-18-15-8-4-6-12-5-2-3-7-14(12)15/h2-3,5,7,9,15,18H,4,6,8,10H2,1H3,(H,19,20). The van der Waals surface area contributed by atoms with E-state index < -0.39 is 5.97 Å². The number of hydrogen-bond donors (Lipinski definition) is 2. The molecular weight excluding hydrogens is 282 g/mol. The van der Waals surface area contributed by atoms with Crippen LogP contribution in [0, 0.1) is 6.92 Å². The van der Waals surface area contributed by atoms with Gasteiger partial charge in [0.1, 0.15) is 4.88 Å². The second-order valence-electron chi connectivity index (χ2n) is 5.52. The average Bonchev–Trinajstić information content (AvgIpc) is 2.86. The van der Waals surface area contributed by atoms with Gasteiger partial charge in [-0.25, -0.2) is 4.79 Å². The number of rotatable bonds is 4. The molecule has 2 aromatic rings. The monoisotopic (exact) mass is 301 g/mol. The molecule has 0 bridgehead atoms. The van der Waals surface area contributed by atoms with Crippen LogP contribution in [-0.2, 0) is 13.0 Å². The van der Waals surface area contributed by atoms with Gasteiger partial charge in [0.05, 0.1) is 0 Å². The summed E-state index contributed by atoms with van der Waals surface area (Å²) >= 11 is 1.36. The lowest BCUT2D eigenvalue weighted by molar-refractivity contribution is 0.0702. The van der Waals surface area contributed by atoms with E-state index in [1.54, 1.807) is 6.07 Å². The van der Waals surface area contributed by atoms with Gasteiger partial charge in [0.2, 0.25) is 0 Å². The molecule has 21 heavy (non-hydrogen) atoms. The summed E-state index contributed by atoms with van der Waals surface area (Å²) in [5.74, 6) is -0.836. The Morgan fingerprint density at radius 1 is 1.43 bits per heavy atom. The minimum Gasteiger partial charge on any atom is -0.477 e. The summed E-state index contributed by atoms with van der Waals surface area (Å²) in [7, 11) is 0. The van der Waals surface area contributed by atoms with E-state index in [4.69, 9.17) is 5.11 Å². The lowest BCUT2D eigenvalue weighted by Gasteiger charge is -2.26. The lowest BCUT2D eigenvalue weighted by atomic mass is 9.87. The van der Waals surface area contributed by atoms with E-state index >= 15 is 0 Å². The summed E-state index contributed by atoms with van der Waals surface area (Å²) < 4.78 is 0. The van der Waals surface area contributed by atoms with Gasteiger partial charge in [-0.3, -0.25) is 0 Å². The predicted molar refractivity (Wildman–Crippen MR) is 85.0 cm³/mol. The quantitative estimate of drug-likeness (QED) is 0.900. The summed E-state index contributed by atoms with van der Waals surface area (Å²) in [5, 5.41) is 12.7. The van der Waals surface area contributed by atoms with Crippen LogP contribution >= 0.6 is 11.3 Å². The number of aryl methyl sites for hydroxylation is 2. The van der Waals surface area contributed by atoms with Crippen LogP contribution < -0.4 is 5.32 Å². The maximum atomic E-state index is 11.0. The molecule has 4 heteroatoms. The molecule has 1 aromatic carbocycles. The number of carboxylic acid groups (broad SMARTS) is 1. The van der Waals surface area contributed by atoms with Gasteiger partial charge in [0.25, 0.3) is 0 Å². The fourth-order valence-corrected chi connectivity index (χ4v) is 3.88. The molecule has 1 unspecified atom stereocenters. The van der Waals surface area contributed by atoms with E-state index in [0.717, 1.165) is 29.8 Å². The molecule has 110 valence electrons. The molecular formula is C17H19NO2S. The molecule has 0 aliphatic heterocycles. The van der Waals surface area contributed by atoms with E-state index in [1.165, 1.54) is 28.9 Å². The van der Waals surface area contributed by atoms with Crippen LogP contribution in [0.5, 0.6) is 0 Å². The molecule has 2 N–H and O–H groups in total. The molecule has 0 radical (unpaired) electrons. The van der Waals surface area contributed by atoms with Crippen LogP contribution in [0.4, 0.5) is 0 Å². The number of carboxylic acids is 1. The minimum absolute atomic E-state index is 0.377. The molecule has 3 rings (SSSR count). The number of aromatic carboxylic acids is 1. The normalized spacial score (nSPS) is 17.5. The van der Waals surface area contributed by atoms with Gasteiger partial charge in [-0.1, -0.05) is 24.3 Å². The van der Waals surface area contributed by atoms with Gasteiger partial charge < -0.3 is 10.4 Å². The Morgan fingerprint density at radius 2 is 2.24 bits per heavy atom. The predicted octanol–water partition coefficient (Wildman–Crippen LogP) is 3.92. The zero-order valence-electron chi connectivity index (χ0n) is 12.1. The van der Waals surface area contributed by atoms with Crippen molar-refractivity contribution in [3.8, 4) is 0 Å². The zero-order chi connectivity index (χ0) is 14.8. The smallest absolute Gasteiger partial charge is 0.345 e. The molecule has 0 fully saturated rings. The molecule has 3 nitrogen and oxygen atoms in total. The first-order valence-corrected chi connectivity index (χ1v) is 8.10. The lowest BCUT2D eigenvalue weighted by Crippen LogP contribution is -2.24. The number of carbonyl (C=O) groups is 1. The van der Waals surface area contributed by atoms with Crippen molar-refractivity contribution < 1.29 is 9.90 Å². The molecule has 1 atom stereocenters. The van der Waals surface area contributed by atoms with Crippen LogP contribution in [0.15, 0.2) is 30.3 Å². The maximum absolute atomic E-state index is 11.0. The number of hydrogen-bond acceptors (Lipinski definition) is 3. The molecule has 0 amide bonds. The van der Waals surface area contributed by atoms with Crippen LogP contribution in [0.3, 0.4) is 0 Å². The Morgan fingerprint density at radius 3 is 3.00 bits per heavy atom. The molecule has 1 aliphatic rings. The Hall–Kier alpha value is -1.65. The van der Waals surface area contributed by atoms with E-state index in [0.29, 0.717) is 10.9 Å². The number of nitrogens with one attached hydrogen (secondary N) is 1. The van der Waals surface area contributed by atoms with Crippen LogP contribution in [-0.4, -0.2) is 11.1 Å². The fourth-order valence-electron chi connectivity index (χ4n) is 3.00. The van der Waals surface area contributed by atoms with Crippen molar-refractivity contribution >= 4 is 17.3 Å². The summed E-state index contributed by atoms with van der Waals surface area (Å²) in [6.45, 7) is 2.72. The van der Waals surface area contributed by atoms with Crippen molar-refractivity contribution in [3.63, 3.8) is 0 Å². The van der Waals surface area contributed by atoms with E-state index in [9.17, 15) is 4.79 Å². The molecule has 0 saturated carbocycles. The Bertz CT molecular complexity index is 663. The van der Waals surface area contributed by atoms with Gasteiger partial charge >= 0.3 is 5.97 Å². The van der Waals surface area contributed by atoms with Gasteiger partial charge in [-0.2, -0.15) is 0 Å². The average molecular weight is 301 g/mol. The fraction of sp³-hybridized carbons (Fsp3) is 0.353. The topological polar surface area (TPSA) is 49.3 Å². The van der Waals surface area contributed by atoms with E-state index in [1.807, 2.05) is 6.92 Å². The summed E-state index contributed by atoms with van der Waals surface area (Å²) in [4.78, 5) is 12.5. The first kappa shape index (κ1) is 14.3. The minimum atomic E-state index is -0.836. The van der Waals surface area contributed by atoms with E-state index in [-0.39, 0.29) is 0 Å². The Labute approximate surface area is 128 Å². The Kier molecular flexibility index (Phi) is 4.08. The molecule has 0 saturated heterocycles. The van der Waals surface area contributed by atoms with Crippen molar-refractivity contribution in [1.29, 1.82) is 0 Å². The SMILES string of the molecule is Cc1sc(C(=O)O)cc1CNC1CCCc2ccccc21. The van der Waals surface area contributed by atoms with Crippen molar-refractivity contribution in [1.82, 2.24) is 5.32 Å². The maximum Gasteiger partial charge on any atom is 0.345 e. The molecule has 0 spiro atoms. The van der Waals surface area contributed by atoms with Crippen molar-refractivity contribution in [2.45, 2.75) is 38.8 Å². The number of benzene rings is 1. The third-order valence-corrected chi connectivity index (χ3v) is 5.22. The summed E-state index contributed by atoms with van der Waals surface area (Å²) in [5.41, 5.74) is 3.94. The largest absolute Gasteiger partial charge is 0.477 e. The summed E-state index contributed by atoms with van der Waals surface area (Å²) in [6.07, 6.45) is 3.51. The highest BCUT2D eigenvalue weighted by atomic mass is 32.1. The van der Waals surface area contributed by atoms with Gasteiger partial charge in [0, 0.05) is 17.5 Å². The van der Waals surface area contributed by atoms with Gasteiger partial charge in [0.15, 0.2) is 0 Å². The van der Waals surface area contributed by atoms with Crippen molar-refractivity contribution in [2.24, 2.45) is 0 Å². The van der Waals surface area contributed by atoms with Gasteiger partial charge in [-0.15, -0.1) is 11.3 Å². The third kappa shape index (κ3) is 3.01. The molecule has 1 aromatic heterocycles.